The van der Waals surface area contributed by atoms with Gasteiger partial charge in [0.1, 0.15) is 5.69 Å². The van der Waals surface area contributed by atoms with Gasteiger partial charge in [0.2, 0.25) is 11.8 Å². The molecule has 4 aromatic rings. The highest BCUT2D eigenvalue weighted by Gasteiger charge is 2.68. The van der Waals surface area contributed by atoms with Crippen LogP contribution in [0.5, 0.6) is 0 Å². The van der Waals surface area contributed by atoms with Crippen LogP contribution < -0.4 is 4.90 Å². The number of aryl methyl sites for hydroxylation is 1. The van der Waals surface area contributed by atoms with E-state index < -0.39 is 34.0 Å². The van der Waals surface area contributed by atoms with Crippen LogP contribution in [0.3, 0.4) is 0 Å². The lowest BCUT2D eigenvalue weighted by molar-refractivity contribution is -0.384. The Labute approximate surface area is 224 Å². The van der Waals surface area contributed by atoms with Crippen molar-refractivity contribution in [3.63, 3.8) is 0 Å². The first-order valence-corrected chi connectivity index (χ1v) is 12.9. The molecule has 4 aliphatic rings. The SMILES string of the molecule is Cc1cccc(N=CC23c4ccccc4C(c4ccccc42)[C@H]2C(=O)N(c4ccccc4[N+](=O)[O-])C(=O)[C@H]23)c1. The van der Waals surface area contributed by atoms with Crippen LogP contribution in [-0.4, -0.2) is 23.0 Å². The number of aliphatic imine (C=N–C) groups is 1. The van der Waals surface area contributed by atoms with E-state index in [0.29, 0.717) is 0 Å². The third-order valence-corrected chi connectivity index (χ3v) is 8.42. The average molecular weight is 514 g/mol. The van der Waals surface area contributed by atoms with Gasteiger partial charge in [-0.05, 0) is 52.9 Å². The molecular weight excluding hydrogens is 490 g/mol. The van der Waals surface area contributed by atoms with Crippen molar-refractivity contribution < 1.29 is 14.5 Å². The molecule has 7 heteroatoms. The zero-order valence-corrected chi connectivity index (χ0v) is 21.0. The molecule has 1 heterocycles. The van der Waals surface area contributed by atoms with Gasteiger partial charge in [0.15, 0.2) is 0 Å². The van der Waals surface area contributed by atoms with Gasteiger partial charge >= 0.3 is 0 Å². The van der Waals surface area contributed by atoms with Crippen LogP contribution in [-0.2, 0) is 15.0 Å². The van der Waals surface area contributed by atoms with E-state index in [1.165, 1.54) is 18.2 Å². The number of hydrogen-bond donors (Lipinski definition) is 0. The van der Waals surface area contributed by atoms with Crippen molar-refractivity contribution in [1.29, 1.82) is 0 Å². The minimum Gasteiger partial charge on any atom is -0.274 e. The summed E-state index contributed by atoms with van der Waals surface area (Å²) in [5.41, 5.74) is 4.36. The molecule has 8 rings (SSSR count). The number of hydrogen-bond acceptors (Lipinski definition) is 5. The van der Waals surface area contributed by atoms with E-state index in [1.54, 1.807) is 6.07 Å². The van der Waals surface area contributed by atoms with E-state index >= 15 is 0 Å². The molecular formula is C32H23N3O4. The lowest BCUT2D eigenvalue weighted by Gasteiger charge is -2.52. The van der Waals surface area contributed by atoms with Crippen LogP contribution in [0.4, 0.5) is 17.1 Å². The molecule has 0 spiro atoms. The first-order chi connectivity index (χ1) is 18.9. The normalized spacial score (nSPS) is 24.5. The van der Waals surface area contributed by atoms with Gasteiger partial charge in [-0.3, -0.25) is 24.7 Å². The number of carbonyl (C=O) groups excluding carboxylic acids is 2. The van der Waals surface area contributed by atoms with E-state index in [0.717, 1.165) is 38.4 Å². The molecule has 0 radical (unpaired) electrons. The van der Waals surface area contributed by atoms with Gasteiger partial charge in [-0.15, -0.1) is 0 Å². The van der Waals surface area contributed by atoms with Gasteiger partial charge in [0, 0.05) is 18.2 Å². The van der Waals surface area contributed by atoms with Crippen LogP contribution in [0, 0.1) is 28.9 Å². The van der Waals surface area contributed by atoms with E-state index in [-0.39, 0.29) is 17.3 Å². The van der Waals surface area contributed by atoms with Crippen molar-refractivity contribution in [2.45, 2.75) is 18.3 Å². The Morgan fingerprint density at radius 3 is 2.15 bits per heavy atom. The maximum atomic E-state index is 14.4. The van der Waals surface area contributed by atoms with Crippen LogP contribution >= 0.6 is 0 Å². The fourth-order valence-corrected chi connectivity index (χ4v) is 6.98. The molecule has 0 N–H and O–H groups in total. The summed E-state index contributed by atoms with van der Waals surface area (Å²) in [6, 6.07) is 29.6. The summed E-state index contributed by atoms with van der Waals surface area (Å²) in [6.07, 6.45) is 1.83. The Kier molecular flexibility index (Phi) is 4.94. The zero-order valence-electron chi connectivity index (χ0n) is 21.0. The van der Waals surface area contributed by atoms with Crippen molar-refractivity contribution in [3.05, 3.63) is 135 Å². The van der Waals surface area contributed by atoms with Crippen molar-refractivity contribution in [2.75, 3.05) is 4.90 Å². The second kappa shape index (κ2) is 8.30. The van der Waals surface area contributed by atoms with Crippen molar-refractivity contribution >= 4 is 35.1 Å². The van der Waals surface area contributed by atoms with E-state index in [2.05, 4.69) is 0 Å². The lowest BCUT2D eigenvalue weighted by atomic mass is 9.47. The number of nitro benzene ring substituents is 1. The molecule has 0 unspecified atom stereocenters. The molecule has 190 valence electrons. The van der Waals surface area contributed by atoms with Gasteiger partial charge in [-0.25, -0.2) is 4.90 Å². The number of rotatable bonds is 4. The molecule has 1 aliphatic heterocycles. The summed E-state index contributed by atoms with van der Waals surface area (Å²) in [4.78, 5) is 46.0. The molecule has 39 heavy (non-hydrogen) atoms. The second-order valence-electron chi connectivity index (χ2n) is 10.4. The summed E-state index contributed by atoms with van der Waals surface area (Å²) < 4.78 is 0. The first-order valence-electron chi connectivity index (χ1n) is 12.9. The average Bonchev–Trinajstić information content (AvgIpc) is 3.22. The highest BCUT2D eigenvalue weighted by atomic mass is 16.6. The molecule has 2 bridgehead atoms. The summed E-state index contributed by atoms with van der Waals surface area (Å²) in [5, 5.41) is 11.9. The number of amides is 2. The van der Waals surface area contributed by atoms with E-state index in [1.807, 2.05) is 85.9 Å². The van der Waals surface area contributed by atoms with Crippen LogP contribution in [0.2, 0.25) is 0 Å². The number of carbonyl (C=O) groups is 2. The fraction of sp³-hybridized carbons (Fsp3) is 0.156. The summed E-state index contributed by atoms with van der Waals surface area (Å²) >= 11 is 0. The standard InChI is InChI=1S/C32H23N3O4/c1-19-9-8-10-20(17-19)33-18-32-23-13-4-2-11-21(23)27(22-12-3-5-14-24(22)32)28-29(32)31(37)34(30(28)36)25-15-6-7-16-26(25)35(38)39/h2-18,27-29H,1H3/t27?,28-,29+,32?/m1/s1. The Morgan fingerprint density at radius 2 is 1.49 bits per heavy atom. The number of benzene rings is 4. The Hall–Kier alpha value is -4.91. The molecule has 1 fully saturated rings. The topological polar surface area (TPSA) is 92.9 Å². The van der Waals surface area contributed by atoms with E-state index in [9.17, 15) is 19.7 Å². The maximum absolute atomic E-state index is 14.4. The van der Waals surface area contributed by atoms with Crippen LogP contribution in [0.25, 0.3) is 0 Å². The quantitative estimate of drug-likeness (QED) is 0.148. The van der Waals surface area contributed by atoms with Crippen LogP contribution in [0.1, 0.15) is 33.7 Å². The zero-order chi connectivity index (χ0) is 26.9. The monoisotopic (exact) mass is 513 g/mol. The Bertz CT molecular complexity index is 1700. The predicted molar refractivity (Wildman–Crippen MR) is 147 cm³/mol. The molecule has 0 saturated carbocycles. The van der Waals surface area contributed by atoms with Gasteiger partial charge < -0.3 is 0 Å². The predicted octanol–water partition coefficient (Wildman–Crippen LogP) is 5.86. The summed E-state index contributed by atoms with van der Waals surface area (Å²) in [5.74, 6) is -2.72. The third-order valence-electron chi connectivity index (χ3n) is 8.42. The molecule has 2 atom stereocenters. The van der Waals surface area contributed by atoms with Crippen molar-refractivity contribution in [2.24, 2.45) is 16.8 Å². The largest absolute Gasteiger partial charge is 0.293 e. The third kappa shape index (κ3) is 3.07. The lowest BCUT2D eigenvalue weighted by Crippen LogP contribution is -2.54. The molecule has 4 aromatic carbocycles. The minimum absolute atomic E-state index is 0.00480. The summed E-state index contributed by atoms with van der Waals surface area (Å²) in [7, 11) is 0. The maximum Gasteiger partial charge on any atom is 0.293 e. The van der Waals surface area contributed by atoms with Crippen molar-refractivity contribution in [3.8, 4) is 0 Å². The number of nitro groups is 1. The number of anilines is 1. The summed E-state index contributed by atoms with van der Waals surface area (Å²) in [6.45, 7) is 1.99. The number of para-hydroxylation sites is 2. The first kappa shape index (κ1) is 23.2. The highest BCUT2D eigenvalue weighted by molar-refractivity contribution is 6.25. The number of nitrogens with zero attached hydrogens (tertiary/aromatic N) is 3. The smallest absolute Gasteiger partial charge is 0.274 e. The molecule has 0 aromatic heterocycles. The molecule has 7 nitrogen and oxygen atoms in total. The Morgan fingerprint density at radius 1 is 0.846 bits per heavy atom. The highest BCUT2D eigenvalue weighted by Crippen LogP contribution is 2.64. The van der Waals surface area contributed by atoms with Crippen molar-refractivity contribution in [1.82, 2.24) is 0 Å². The van der Waals surface area contributed by atoms with Gasteiger partial charge in [-0.2, -0.15) is 0 Å². The number of imide groups is 1. The van der Waals surface area contributed by atoms with Gasteiger partial charge in [0.25, 0.3) is 5.69 Å². The van der Waals surface area contributed by atoms with Crippen LogP contribution in [0.15, 0.2) is 102 Å². The Balaban J connectivity index is 1.51. The minimum atomic E-state index is -1.03. The molecule has 1 saturated heterocycles. The molecule has 3 aliphatic carbocycles. The van der Waals surface area contributed by atoms with E-state index in [4.69, 9.17) is 4.99 Å². The fourth-order valence-electron chi connectivity index (χ4n) is 6.98. The molecule has 2 amide bonds. The second-order valence-corrected chi connectivity index (χ2v) is 10.4. The van der Waals surface area contributed by atoms with Gasteiger partial charge in [-0.1, -0.05) is 72.8 Å². The van der Waals surface area contributed by atoms with Gasteiger partial charge in [0.05, 0.1) is 27.9 Å².